The molecule has 0 amide bonds. The van der Waals surface area contributed by atoms with Gasteiger partial charge in [0.15, 0.2) is 0 Å². The number of nitrogens with zero attached hydrogens (tertiary/aromatic N) is 6. The predicted octanol–water partition coefficient (Wildman–Crippen LogP) is 2.81. The van der Waals surface area contributed by atoms with Gasteiger partial charge in [-0.05, 0) is 43.3 Å². The molecule has 0 aliphatic carbocycles. The van der Waals surface area contributed by atoms with Gasteiger partial charge in [-0.15, -0.1) is 0 Å². The second-order valence-corrected chi connectivity index (χ2v) is 11.1. The highest BCUT2D eigenvalue weighted by Crippen LogP contribution is 2.24. The minimum atomic E-state index is -3.43. The van der Waals surface area contributed by atoms with Gasteiger partial charge in [0.25, 0.3) is 0 Å². The van der Waals surface area contributed by atoms with Gasteiger partial charge < -0.3 is 20.1 Å². The second-order valence-electron chi connectivity index (χ2n) is 9.11. The molecule has 0 saturated carbocycles. The first kappa shape index (κ1) is 24.0. The highest BCUT2D eigenvalue weighted by molar-refractivity contribution is 7.92. The lowest BCUT2D eigenvalue weighted by Gasteiger charge is -2.33. The van der Waals surface area contributed by atoms with Gasteiger partial charge in [-0.1, -0.05) is 6.07 Å². The average molecular weight is 507 g/mol. The maximum atomic E-state index is 12.1. The topological polar surface area (TPSA) is 108 Å². The number of pyridine rings is 1. The van der Waals surface area contributed by atoms with Crippen molar-refractivity contribution < 1.29 is 8.42 Å². The van der Waals surface area contributed by atoms with Crippen LogP contribution in [0.5, 0.6) is 0 Å². The van der Waals surface area contributed by atoms with Crippen LogP contribution in [-0.4, -0.2) is 66.9 Å². The Balaban J connectivity index is 1.36. The van der Waals surface area contributed by atoms with Gasteiger partial charge in [0, 0.05) is 73.6 Å². The summed E-state index contributed by atoms with van der Waals surface area (Å²) in [5.74, 6) is 0.888. The van der Waals surface area contributed by atoms with Crippen molar-refractivity contribution in [2.45, 2.75) is 19.5 Å². The average Bonchev–Trinajstić information content (AvgIpc) is 3.26. The van der Waals surface area contributed by atoms with E-state index in [2.05, 4.69) is 44.6 Å². The number of benzene rings is 1. The number of fused-ring (bicyclic) bond motifs is 1. The molecule has 2 N–H and O–H groups in total. The van der Waals surface area contributed by atoms with E-state index in [4.69, 9.17) is 4.98 Å². The van der Waals surface area contributed by atoms with Crippen molar-refractivity contribution in [2.75, 3.05) is 47.5 Å². The number of hydrogen-bond acceptors (Lipinski definition) is 8. The summed E-state index contributed by atoms with van der Waals surface area (Å²) < 4.78 is 27.3. The summed E-state index contributed by atoms with van der Waals surface area (Å²) in [6.45, 7) is 5.58. The lowest BCUT2D eigenvalue weighted by Crippen LogP contribution is -2.49. The summed E-state index contributed by atoms with van der Waals surface area (Å²) >= 11 is 0. The monoisotopic (exact) mass is 506 g/mol. The number of aromatic nitrogens is 4. The molecule has 188 valence electrons. The standard InChI is InChI=1S/C25H30N8O2S/c1-18-16-32(14-12-26-18)22-8-6-21(7-9-22)29-25-28-15-19-10-13-33(24(19)30-25)17-20-5-4-11-27-23(20)31(2)36(3,34)35/h4-11,13,15,18,26H,12,14,16-17H2,1-3H3,(H,28,29,30)/t18-/m1/s1. The molecule has 1 saturated heterocycles. The molecular weight excluding hydrogens is 476 g/mol. The molecule has 0 unspecified atom stereocenters. The predicted molar refractivity (Wildman–Crippen MR) is 144 cm³/mol. The number of piperazine rings is 1. The van der Waals surface area contributed by atoms with Crippen LogP contribution < -0.4 is 19.8 Å². The van der Waals surface area contributed by atoms with Crippen molar-refractivity contribution in [1.29, 1.82) is 0 Å². The Morgan fingerprint density at radius 3 is 2.72 bits per heavy atom. The van der Waals surface area contributed by atoms with Gasteiger partial charge in [-0.2, -0.15) is 4.98 Å². The molecule has 1 aromatic carbocycles. The van der Waals surface area contributed by atoms with Gasteiger partial charge in [-0.3, -0.25) is 4.31 Å². The largest absolute Gasteiger partial charge is 0.369 e. The molecule has 0 spiro atoms. The third kappa shape index (κ3) is 5.12. The molecule has 4 aromatic rings. The summed E-state index contributed by atoms with van der Waals surface area (Å²) in [5.41, 5.74) is 3.62. The fraction of sp³-hybridized carbons (Fsp3) is 0.320. The fourth-order valence-corrected chi connectivity index (χ4v) is 4.87. The third-order valence-electron chi connectivity index (χ3n) is 6.36. The van der Waals surface area contributed by atoms with Gasteiger partial charge in [0.05, 0.1) is 12.8 Å². The molecule has 4 heterocycles. The van der Waals surface area contributed by atoms with Crippen LogP contribution in [-0.2, 0) is 16.6 Å². The Morgan fingerprint density at radius 1 is 1.17 bits per heavy atom. The molecule has 1 fully saturated rings. The number of anilines is 4. The summed E-state index contributed by atoms with van der Waals surface area (Å²) in [7, 11) is -1.93. The lowest BCUT2D eigenvalue weighted by atomic mass is 10.2. The molecule has 0 radical (unpaired) electrons. The van der Waals surface area contributed by atoms with Gasteiger partial charge >= 0.3 is 0 Å². The Morgan fingerprint density at radius 2 is 1.97 bits per heavy atom. The van der Waals surface area contributed by atoms with E-state index in [9.17, 15) is 8.42 Å². The van der Waals surface area contributed by atoms with Crippen molar-refractivity contribution in [2.24, 2.45) is 0 Å². The zero-order chi connectivity index (χ0) is 25.3. The Bertz CT molecular complexity index is 1470. The normalized spacial score (nSPS) is 16.3. The highest BCUT2D eigenvalue weighted by atomic mass is 32.2. The van der Waals surface area contributed by atoms with E-state index < -0.39 is 10.0 Å². The minimum Gasteiger partial charge on any atom is -0.369 e. The van der Waals surface area contributed by atoms with Crippen LogP contribution in [0.2, 0.25) is 0 Å². The van der Waals surface area contributed by atoms with E-state index in [1.165, 1.54) is 23.3 Å². The zero-order valence-corrected chi connectivity index (χ0v) is 21.4. The van der Waals surface area contributed by atoms with Crippen molar-refractivity contribution in [3.63, 3.8) is 0 Å². The van der Waals surface area contributed by atoms with E-state index >= 15 is 0 Å². The molecular formula is C25H30N8O2S. The van der Waals surface area contributed by atoms with E-state index in [1.54, 1.807) is 18.5 Å². The first-order valence-electron chi connectivity index (χ1n) is 11.8. The molecule has 0 bridgehead atoms. The van der Waals surface area contributed by atoms with Crippen LogP contribution in [0.3, 0.4) is 0 Å². The van der Waals surface area contributed by atoms with E-state index in [-0.39, 0.29) is 0 Å². The third-order valence-corrected chi connectivity index (χ3v) is 7.53. The van der Waals surface area contributed by atoms with Crippen LogP contribution >= 0.6 is 0 Å². The molecule has 36 heavy (non-hydrogen) atoms. The lowest BCUT2D eigenvalue weighted by molar-refractivity contribution is 0.485. The van der Waals surface area contributed by atoms with Gasteiger partial charge in [0.2, 0.25) is 16.0 Å². The van der Waals surface area contributed by atoms with Gasteiger partial charge in [0.1, 0.15) is 11.5 Å². The Hall–Kier alpha value is -3.70. The summed E-state index contributed by atoms with van der Waals surface area (Å²) in [6.07, 6.45) is 6.46. The van der Waals surface area contributed by atoms with Crippen molar-refractivity contribution >= 4 is 44.2 Å². The zero-order valence-electron chi connectivity index (χ0n) is 20.6. The summed E-state index contributed by atoms with van der Waals surface area (Å²) in [5, 5.41) is 7.66. The summed E-state index contributed by atoms with van der Waals surface area (Å²) in [6, 6.07) is 14.4. The molecule has 1 atom stereocenters. The number of rotatable bonds is 7. The minimum absolute atomic E-state index is 0.397. The molecule has 10 nitrogen and oxygen atoms in total. The quantitative estimate of drug-likeness (QED) is 0.394. The van der Waals surface area contributed by atoms with Crippen molar-refractivity contribution in [1.82, 2.24) is 24.8 Å². The molecule has 11 heteroatoms. The Labute approximate surface area is 211 Å². The van der Waals surface area contributed by atoms with Crippen LogP contribution in [0.15, 0.2) is 61.1 Å². The second kappa shape index (κ2) is 9.75. The van der Waals surface area contributed by atoms with Crippen molar-refractivity contribution in [3.8, 4) is 0 Å². The van der Waals surface area contributed by atoms with Crippen LogP contribution in [0.1, 0.15) is 12.5 Å². The first-order chi connectivity index (χ1) is 17.3. The van der Waals surface area contributed by atoms with E-state index in [0.717, 1.165) is 41.9 Å². The molecule has 3 aromatic heterocycles. The first-order valence-corrected chi connectivity index (χ1v) is 13.7. The maximum absolute atomic E-state index is 12.1. The molecule has 5 rings (SSSR count). The van der Waals surface area contributed by atoms with Crippen LogP contribution in [0, 0.1) is 0 Å². The molecule has 1 aliphatic heterocycles. The van der Waals surface area contributed by atoms with Crippen molar-refractivity contribution in [3.05, 3.63) is 66.6 Å². The Kier molecular flexibility index (Phi) is 6.50. The maximum Gasteiger partial charge on any atom is 0.233 e. The van der Waals surface area contributed by atoms with Crippen LogP contribution in [0.25, 0.3) is 11.0 Å². The van der Waals surface area contributed by atoms with E-state index in [1.807, 2.05) is 35.0 Å². The highest BCUT2D eigenvalue weighted by Gasteiger charge is 2.18. The van der Waals surface area contributed by atoms with Gasteiger partial charge in [-0.25, -0.2) is 18.4 Å². The fourth-order valence-electron chi connectivity index (χ4n) is 4.39. The molecule has 1 aliphatic rings. The van der Waals surface area contributed by atoms with Crippen LogP contribution in [0.4, 0.5) is 23.1 Å². The number of hydrogen-bond donors (Lipinski definition) is 2. The summed E-state index contributed by atoms with van der Waals surface area (Å²) in [4.78, 5) is 15.9. The number of nitrogens with one attached hydrogen (secondary N) is 2. The van der Waals surface area contributed by atoms with E-state index in [0.29, 0.717) is 24.4 Å². The smallest absolute Gasteiger partial charge is 0.233 e. The SMILES string of the molecule is C[C@@H]1CN(c2ccc(Nc3ncc4ccn(Cc5cccnc5N(C)S(C)(=O)=O)c4n3)cc2)CCN1. The number of sulfonamides is 1.